The van der Waals surface area contributed by atoms with Crippen molar-refractivity contribution >= 4 is 74.2 Å². The van der Waals surface area contributed by atoms with Crippen molar-refractivity contribution in [1.82, 2.24) is 24.0 Å². The predicted octanol–water partition coefficient (Wildman–Crippen LogP) is 5.18. The van der Waals surface area contributed by atoms with Gasteiger partial charge in [-0.3, -0.25) is 14.5 Å². The summed E-state index contributed by atoms with van der Waals surface area (Å²) in [5.41, 5.74) is -0.226. The van der Waals surface area contributed by atoms with Crippen LogP contribution in [0.1, 0.15) is 28.2 Å². The van der Waals surface area contributed by atoms with Gasteiger partial charge in [0.15, 0.2) is 5.50 Å². The van der Waals surface area contributed by atoms with Gasteiger partial charge in [0.25, 0.3) is 11.8 Å². The third-order valence-corrected chi connectivity index (χ3v) is 12.1. The molecule has 3 aromatic carbocycles. The quantitative estimate of drug-likeness (QED) is 0.0499. The highest BCUT2D eigenvalue weighted by Gasteiger charge is 2.56. The number of thiazole rings is 1. The molecule has 5 heterocycles. The number of thioether (sulfide) groups is 1. The first-order valence-electron chi connectivity index (χ1n) is 17.1. The fourth-order valence-corrected chi connectivity index (χ4v) is 9.66. The maximum Gasteiger partial charge on any atom is 0.353 e. The standard InChI is InChI=1S/C39H31FN8O5S3/c1-46-20-28-47(22-46)26(21-54-28)18-19-27-31(37(51)52)48-35(50)30(36(48)55-32(27)40)41-34(49)29(44-53-2)33-42-38(56-45-33)43-39(23-12-6-3-7-13-23,24-14-8-4-9-15-24)25-16-10-5-11-17-25/h3-22,30,32,36H,1-2H3,(H2-,41,42,43,45,49,51,52)/p+1/t30-,32?,36-/m1/s1. The van der Waals surface area contributed by atoms with Crippen LogP contribution in [0.25, 0.3) is 10.9 Å². The van der Waals surface area contributed by atoms with Crippen molar-refractivity contribution in [3.63, 3.8) is 0 Å². The molecular formula is C39H32FN8O5S3+. The molecule has 8 rings (SSSR count). The number of carbonyl (C=O) groups excluding carboxylic acids is 2. The number of carboxylic acid groups (broad SMARTS) is 1. The number of aliphatic carboxylic acids is 1. The zero-order valence-electron chi connectivity index (χ0n) is 29.6. The number of anilines is 1. The largest absolute Gasteiger partial charge is 0.477 e. The molecule has 1 unspecified atom stereocenters. The highest BCUT2D eigenvalue weighted by Crippen LogP contribution is 2.45. The van der Waals surface area contributed by atoms with Gasteiger partial charge in [0, 0.05) is 22.5 Å². The molecule has 3 aromatic heterocycles. The molecule has 282 valence electrons. The zero-order chi connectivity index (χ0) is 39.0. The summed E-state index contributed by atoms with van der Waals surface area (Å²) < 4.78 is 24.0. The number of carboxylic acids is 1. The van der Waals surface area contributed by atoms with Crippen LogP contribution in [0.4, 0.5) is 9.52 Å². The molecule has 2 amide bonds. The molecule has 17 heteroatoms. The number of halogens is 1. The molecule has 56 heavy (non-hydrogen) atoms. The van der Waals surface area contributed by atoms with Crippen LogP contribution < -0.4 is 15.2 Å². The van der Waals surface area contributed by atoms with Gasteiger partial charge in [-0.2, -0.15) is 13.8 Å². The van der Waals surface area contributed by atoms with Crippen molar-refractivity contribution in [3.05, 3.63) is 154 Å². The van der Waals surface area contributed by atoms with Crippen LogP contribution in [0.2, 0.25) is 0 Å². The molecule has 0 bridgehead atoms. The number of imidazole rings is 1. The molecule has 1 fully saturated rings. The number of fused-ring (bicyclic) bond motifs is 2. The van der Waals surface area contributed by atoms with Gasteiger partial charge >= 0.3 is 5.97 Å². The number of amides is 2. The van der Waals surface area contributed by atoms with Gasteiger partial charge in [-0.15, -0.1) is 0 Å². The summed E-state index contributed by atoms with van der Waals surface area (Å²) >= 11 is 3.20. The summed E-state index contributed by atoms with van der Waals surface area (Å²) in [6, 6.07) is 28.3. The Balaban J connectivity index is 1.05. The van der Waals surface area contributed by atoms with E-state index in [1.165, 1.54) is 24.5 Å². The second-order valence-corrected chi connectivity index (χ2v) is 15.6. The number of hydrogen-bond acceptors (Lipinski definition) is 11. The van der Waals surface area contributed by atoms with E-state index in [4.69, 9.17) is 4.84 Å². The van der Waals surface area contributed by atoms with E-state index in [9.17, 15) is 19.5 Å². The average molecular weight is 808 g/mol. The van der Waals surface area contributed by atoms with Crippen LogP contribution in [0, 0.1) is 0 Å². The highest BCUT2D eigenvalue weighted by molar-refractivity contribution is 8.00. The van der Waals surface area contributed by atoms with E-state index in [0.29, 0.717) is 10.8 Å². The van der Waals surface area contributed by atoms with E-state index in [1.54, 1.807) is 6.08 Å². The number of β-lactam (4-membered cyclic amide) rings is 1. The molecule has 6 aromatic rings. The Morgan fingerprint density at radius 2 is 1.62 bits per heavy atom. The lowest BCUT2D eigenvalue weighted by atomic mass is 9.77. The van der Waals surface area contributed by atoms with Crippen molar-refractivity contribution in [2.45, 2.75) is 22.5 Å². The van der Waals surface area contributed by atoms with Crippen molar-refractivity contribution < 1.29 is 33.3 Å². The fraction of sp³-hybridized carbons (Fsp3) is 0.154. The number of allylic oxidation sites excluding steroid dienone is 1. The van der Waals surface area contributed by atoms with Crippen molar-refractivity contribution in [1.29, 1.82) is 0 Å². The first kappa shape index (κ1) is 36.8. The van der Waals surface area contributed by atoms with E-state index in [0.717, 1.165) is 49.7 Å². The minimum Gasteiger partial charge on any atom is -0.477 e. The molecule has 2 aliphatic rings. The van der Waals surface area contributed by atoms with E-state index < -0.39 is 45.9 Å². The van der Waals surface area contributed by atoms with Gasteiger partial charge in [0.1, 0.15) is 41.7 Å². The second-order valence-electron chi connectivity index (χ2n) is 12.7. The molecule has 0 saturated carbocycles. The summed E-state index contributed by atoms with van der Waals surface area (Å²) in [6.07, 6.45) is 6.76. The molecule has 2 aliphatic heterocycles. The van der Waals surface area contributed by atoms with Crippen LogP contribution in [0.15, 0.2) is 131 Å². The van der Waals surface area contributed by atoms with Crippen LogP contribution in [-0.4, -0.2) is 71.3 Å². The first-order chi connectivity index (χ1) is 27.2. The highest BCUT2D eigenvalue weighted by atomic mass is 32.2. The van der Waals surface area contributed by atoms with Crippen molar-refractivity contribution in [2.24, 2.45) is 12.2 Å². The number of alkyl halides is 1. The van der Waals surface area contributed by atoms with Gasteiger partial charge in [0.2, 0.25) is 27.8 Å². The summed E-state index contributed by atoms with van der Waals surface area (Å²) in [5, 5.41) is 21.4. The number of benzene rings is 3. The second kappa shape index (κ2) is 15.2. The Hall–Kier alpha value is -6.17. The number of aryl methyl sites for hydroxylation is 1. The van der Waals surface area contributed by atoms with E-state index in [-0.39, 0.29) is 17.1 Å². The smallest absolute Gasteiger partial charge is 0.353 e. The number of nitrogens with one attached hydrogen (secondary N) is 2. The molecule has 1 saturated heterocycles. The number of nitrogens with zero attached hydrogens (tertiary/aromatic N) is 6. The molecule has 3 atom stereocenters. The maximum atomic E-state index is 15.8. The van der Waals surface area contributed by atoms with Gasteiger partial charge in [-0.1, -0.05) is 119 Å². The van der Waals surface area contributed by atoms with E-state index in [1.807, 2.05) is 125 Å². The zero-order valence-corrected chi connectivity index (χ0v) is 32.1. The molecule has 0 aliphatic carbocycles. The Kier molecular flexibility index (Phi) is 9.96. The minimum absolute atomic E-state index is 0.0828. The number of oxime groups is 1. The lowest BCUT2D eigenvalue weighted by Gasteiger charge is -2.49. The van der Waals surface area contributed by atoms with Crippen LogP contribution >= 0.6 is 34.6 Å². The topological polar surface area (TPSA) is 154 Å². The first-order valence-corrected chi connectivity index (χ1v) is 19.7. The lowest BCUT2D eigenvalue weighted by molar-refractivity contribution is -0.669. The summed E-state index contributed by atoms with van der Waals surface area (Å²) in [4.78, 5) is 51.4. The van der Waals surface area contributed by atoms with Gasteiger partial charge in [0.05, 0.1) is 7.05 Å². The van der Waals surface area contributed by atoms with Gasteiger partial charge < -0.3 is 20.6 Å². The summed E-state index contributed by atoms with van der Waals surface area (Å²) in [7, 11) is 3.13. The number of rotatable bonds is 12. The minimum atomic E-state index is -1.80. The van der Waals surface area contributed by atoms with E-state index >= 15 is 4.39 Å². The Labute approximate surface area is 331 Å². The molecular weight excluding hydrogens is 776 g/mol. The Morgan fingerprint density at radius 3 is 2.21 bits per heavy atom. The third-order valence-electron chi connectivity index (χ3n) is 9.36. The number of carbonyl (C=O) groups is 3. The molecule has 0 spiro atoms. The predicted molar refractivity (Wildman–Crippen MR) is 211 cm³/mol. The van der Waals surface area contributed by atoms with Crippen LogP contribution in [-0.2, 0) is 31.8 Å². The van der Waals surface area contributed by atoms with Crippen LogP contribution in [0.5, 0.6) is 0 Å². The Morgan fingerprint density at radius 1 is 1.00 bits per heavy atom. The lowest BCUT2D eigenvalue weighted by Crippen LogP contribution is -2.71. The monoisotopic (exact) mass is 807 g/mol. The van der Waals surface area contributed by atoms with Crippen LogP contribution in [0.3, 0.4) is 0 Å². The SMILES string of the molecule is CON=C(C(=O)N[C@@H]1C(=O)N2C(C(=O)O)=C(C=Cc3csc4c[n+](C)cn34)C(F)S[C@H]12)c1nsc(NC(c2ccccc2)(c2ccccc2)c2ccccc2)n1. The molecule has 3 N–H and O–H groups in total. The third kappa shape index (κ3) is 6.52. The van der Waals surface area contributed by atoms with E-state index in [2.05, 4.69) is 25.1 Å². The van der Waals surface area contributed by atoms with Crippen molar-refractivity contribution in [3.8, 4) is 0 Å². The van der Waals surface area contributed by atoms with Gasteiger partial charge in [-0.25, -0.2) is 13.8 Å². The summed E-state index contributed by atoms with van der Waals surface area (Å²) in [6.45, 7) is 0. The van der Waals surface area contributed by atoms with Gasteiger partial charge in [-0.05, 0) is 28.8 Å². The normalized spacial score (nSPS) is 18.6. The summed E-state index contributed by atoms with van der Waals surface area (Å²) in [5.74, 6) is -3.13. The number of aromatic nitrogens is 4. The number of hydrogen-bond donors (Lipinski definition) is 3. The van der Waals surface area contributed by atoms with Crippen molar-refractivity contribution in [2.75, 3.05) is 12.4 Å². The Bertz CT molecular complexity index is 2440. The molecule has 13 nitrogen and oxygen atoms in total. The maximum absolute atomic E-state index is 15.8. The fourth-order valence-electron chi connectivity index (χ4n) is 6.86. The average Bonchev–Trinajstić information content (AvgIpc) is 3.94. The molecule has 0 radical (unpaired) electrons.